The van der Waals surface area contributed by atoms with E-state index in [2.05, 4.69) is 5.32 Å². The molecule has 19 heavy (non-hydrogen) atoms. The SMILES string of the molecule is CCC(C)NC(=O)C(C)N1CCCCC1C(=O)OC. The highest BCUT2D eigenvalue weighted by Crippen LogP contribution is 2.20. The maximum Gasteiger partial charge on any atom is 0.323 e. The lowest BCUT2D eigenvalue weighted by molar-refractivity contribution is -0.150. The number of nitrogens with zero attached hydrogens (tertiary/aromatic N) is 1. The van der Waals surface area contributed by atoms with Gasteiger partial charge in [-0.2, -0.15) is 0 Å². The highest BCUT2D eigenvalue weighted by atomic mass is 16.5. The van der Waals surface area contributed by atoms with Gasteiger partial charge in [0.05, 0.1) is 13.2 Å². The third-order valence-electron chi connectivity index (χ3n) is 3.90. The second kappa shape index (κ2) is 7.48. The molecule has 0 radical (unpaired) electrons. The summed E-state index contributed by atoms with van der Waals surface area (Å²) in [7, 11) is 1.40. The Kier molecular flexibility index (Phi) is 6.28. The fourth-order valence-corrected chi connectivity index (χ4v) is 2.42. The number of amides is 1. The molecule has 1 aliphatic heterocycles. The molecular formula is C14H26N2O3. The van der Waals surface area contributed by atoms with E-state index < -0.39 is 0 Å². The summed E-state index contributed by atoms with van der Waals surface area (Å²) in [6, 6.07) is -0.411. The van der Waals surface area contributed by atoms with Gasteiger partial charge >= 0.3 is 5.97 Å². The van der Waals surface area contributed by atoms with Crippen molar-refractivity contribution < 1.29 is 14.3 Å². The van der Waals surface area contributed by atoms with Gasteiger partial charge in [0.15, 0.2) is 0 Å². The average molecular weight is 270 g/mol. The second-order valence-corrected chi connectivity index (χ2v) is 5.27. The minimum absolute atomic E-state index is 0.00912. The summed E-state index contributed by atoms with van der Waals surface area (Å²) in [4.78, 5) is 25.9. The van der Waals surface area contributed by atoms with Gasteiger partial charge in [-0.1, -0.05) is 13.3 Å². The molecule has 0 aromatic carbocycles. The number of nitrogens with one attached hydrogen (secondary N) is 1. The van der Waals surface area contributed by atoms with E-state index in [0.29, 0.717) is 0 Å². The number of piperidine rings is 1. The van der Waals surface area contributed by atoms with Gasteiger partial charge in [-0.15, -0.1) is 0 Å². The Balaban J connectivity index is 2.68. The monoisotopic (exact) mass is 270 g/mol. The summed E-state index contributed by atoms with van der Waals surface area (Å²) in [6.07, 6.45) is 3.71. The number of carbonyl (C=O) groups is 2. The predicted octanol–water partition coefficient (Wildman–Crippen LogP) is 1.32. The molecule has 1 amide bonds. The minimum atomic E-state index is -0.293. The quantitative estimate of drug-likeness (QED) is 0.765. The second-order valence-electron chi connectivity index (χ2n) is 5.27. The van der Waals surface area contributed by atoms with E-state index in [-0.39, 0.29) is 30.0 Å². The number of hydrogen-bond acceptors (Lipinski definition) is 4. The van der Waals surface area contributed by atoms with Crippen LogP contribution >= 0.6 is 0 Å². The van der Waals surface area contributed by atoms with Gasteiger partial charge < -0.3 is 10.1 Å². The van der Waals surface area contributed by atoms with Crippen molar-refractivity contribution in [1.82, 2.24) is 10.2 Å². The molecular weight excluding hydrogens is 244 g/mol. The van der Waals surface area contributed by atoms with Crippen LogP contribution in [-0.4, -0.2) is 48.6 Å². The van der Waals surface area contributed by atoms with Gasteiger partial charge in [0, 0.05) is 6.04 Å². The van der Waals surface area contributed by atoms with Gasteiger partial charge in [0.2, 0.25) is 5.91 Å². The molecule has 3 unspecified atom stereocenters. The van der Waals surface area contributed by atoms with Crippen LogP contribution in [0.1, 0.15) is 46.5 Å². The molecule has 0 aliphatic carbocycles. The van der Waals surface area contributed by atoms with Crippen LogP contribution in [0.4, 0.5) is 0 Å². The van der Waals surface area contributed by atoms with Crippen molar-refractivity contribution in [3.05, 3.63) is 0 Å². The molecule has 1 saturated heterocycles. The smallest absolute Gasteiger partial charge is 0.323 e. The molecule has 0 aromatic heterocycles. The summed E-state index contributed by atoms with van der Waals surface area (Å²) in [5.74, 6) is -0.243. The van der Waals surface area contributed by atoms with Crippen molar-refractivity contribution in [3.63, 3.8) is 0 Å². The largest absolute Gasteiger partial charge is 0.468 e. The Morgan fingerprint density at radius 1 is 1.37 bits per heavy atom. The molecule has 0 bridgehead atoms. The first-order valence-corrected chi connectivity index (χ1v) is 7.15. The highest BCUT2D eigenvalue weighted by molar-refractivity contribution is 5.83. The van der Waals surface area contributed by atoms with Crippen LogP contribution < -0.4 is 5.32 Å². The van der Waals surface area contributed by atoms with E-state index in [0.717, 1.165) is 32.2 Å². The molecule has 1 fully saturated rings. The number of carbonyl (C=O) groups excluding carboxylic acids is 2. The fourth-order valence-electron chi connectivity index (χ4n) is 2.42. The zero-order valence-corrected chi connectivity index (χ0v) is 12.4. The standard InChI is InChI=1S/C14H26N2O3/c1-5-10(2)15-13(17)11(3)16-9-7-6-8-12(16)14(18)19-4/h10-12H,5-9H2,1-4H3,(H,15,17). The number of hydrogen-bond donors (Lipinski definition) is 1. The lowest BCUT2D eigenvalue weighted by atomic mass is 9.99. The molecule has 0 saturated carbocycles. The molecule has 1 heterocycles. The Bertz CT molecular complexity index is 320. The third kappa shape index (κ3) is 4.20. The molecule has 5 nitrogen and oxygen atoms in total. The maximum atomic E-state index is 12.2. The van der Waals surface area contributed by atoms with Crippen LogP contribution in [0.25, 0.3) is 0 Å². The van der Waals surface area contributed by atoms with Gasteiger partial charge in [0.1, 0.15) is 6.04 Å². The van der Waals surface area contributed by atoms with E-state index >= 15 is 0 Å². The first-order valence-electron chi connectivity index (χ1n) is 7.15. The van der Waals surface area contributed by atoms with Crippen molar-refractivity contribution in [1.29, 1.82) is 0 Å². The summed E-state index contributed by atoms with van der Waals surface area (Å²) < 4.78 is 4.84. The molecule has 1 N–H and O–H groups in total. The number of esters is 1. The van der Waals surface area contributed by atoms with Crippen LogP contribution in [-0.2, 0) is 14.3 Å². The Hall–Kier alpha value is -1.10. The molecule has 0 aromatic rings. The van der Waals surface area contributed by atoms with Crippen LogP contribution in [0.3, 0.4) is 0 Å². The number of ether oxygens (including phenoxy) is 1. The van der Waals surface area contributed by atoms with Crippen LogP contribution in [0, 0.1) is 0 Å². The Labute approximate surface area is 115 Å². The minimum Gasteiger partial charge on any atom is -0.468 e. The Morgan fingerprint density at radius 3 is 2.63 bits per heavy atom. The maximum absolute atomic E-state index is 12.2. The van der Waals surface area contributed by atoms with Crippen LogP contribution in [0.15, 0.2) is 0 Å². The van der Waals surface area contributed by atoms with Crippen molar-refractivity contribution in [3.8, 4) is 0 Å². The highest BCUT2D eigenvalue weighted by Gasteiger charge is 2.35. The summed E-state index contributed by atoms with van der Waals surface area (Å²) >= 11 is 0. The predicted molar refractivity (Wildman–Crippen MR) is 73.7 cm³/mol. The zero-order valence-electron chi connectivity index (χ0n) is 12.4. The lowest BCUT2D eigenvalue weighted by Gasteiger charge is -2.37. The topological polar surface area (TPSA) is 58.6 Å². The molecule has 1 aliphatic rings. The van der Waals surface area contributed by atoms with Gasteiger partial charge in [-0.25, -0.2) is 0 Å². The van der Waals surface area contributed by atoms with E-state index in [1.54, 1.807) is 0 Å². The van der Waals surface area contributed by atoms with Gasteiger partial charge in [-0.05, 0) is 39.7 Å². The first-order chi connectivity index (χ1) is 9.01. The normalized spacial score (nSPS) is 23.5. The molecule has 3 atom stereocenters. The van der Waals surface area contributed by atoms with E-state index in [1.807, 2.05) is 25.7 Å². The lowest BCUT2D eigenvalue weighted by Crippen LogP contribution is -2.55. The van der Waals surface area contributed by atoms with Crippen LogP contribution in [0.2, 0.25) is 0 Å². The van der Waals surface area contributed by atoms with E-state index in [1.165, 1.54) is 7.11 Å². The number of methoxy groups -OCH3 is 1. The van der Waals surface area contributed by atoms with Gasteiger partial charge in [0.25, 0.3) is 0 Å². The summed E-state index contributed by atoms with van der Waals surface area (Å²) in [6.45, 7) is 6.65. The number of likely N-dealkylation sites (tertiary alicyclic amines) is 1. The van der Waals surface area contributed by atoms with Crippen LogP contribution in [0.5, 0.6) is 0 Å². The van der Waals surface area contributed by atoms with Crippen molar-refractivity contribution in [2.24, 2.45) is 0 Å². The average Bonchev–Trinajstić information content (AvgIpc) is 2.45. The first kappa shape index (κ1) is 16.0. The van der Waals surface area contributed by atoms with Crippen molar-refractivity contribution in [2.75, 3.05) is 13.7 Å². The summed E-state index contributed by atoms with van der Waals surface area (Å²) in [5, 5.41) is 2.97. The van der Waals surface area contributed by atoms with E-state index in [9.17, 15) is 9.59 Å². The Morgan fingerprint density at radius 2 is 2.05 bits per heavy atom. The molecule has 1 rings (SSSR count). The molecule has 110 valence electrons. The fraction of sp³-hybridized carbons (Fsp3) is 0.857. The number of rotatable bonds is 5. The van der Waals surface area contributed by atoms with Crippen molar-refractivity contribution in [2.45, 2.75) is 64.6 Å². The third-order valence-corrected chi connectivity index (χ3v) is 3.90. The van der Waals surface area contributed by atoms with E-state index in [4.69, 9.17) is 4.74 Å². The summed E-state index contributed by atoms with van der Waals surface area (Å²) in [5.41, 5.74) is 0. The molecule has 5 heteroatoms. The zero-order chi connectivity index (χ0) is 14.4. The van der Waals surface area contributed by atoms with Crippen molar-refractivity contribution >= 4 is 11.9 Å². The molecule has 0 spiro atoms. The van der Waals surface area contributed by atoms with Gasteiger partial charge in [-0.3, -0.25) is 14.5 Å².